The van der Waals surface area contributed by atoms with Gasteiger partial charge >= 0.3 is 0 Å². The molecule has 20 heavy (non-hydrogen) atoms. The van der Waals surface area contributed by atoms with E-state index in [4.69, 9.17) is 10.5 Å². The van der Waals surface area contributed by atoms with Crippen molar-refractivity contribution in [3.05, 3.63) is 30.1 Å². The molecule has 0 bridgehead atoms. The summed E-state index contributed by atoms with van der Waals surface area (Å²) in [5.41, 5.74) is 7.12. The van der Waals surface area contributed by atoms with Crippen LogP contribution in [0.2, 0.25) is 0 Å². The molecule has 1 fully saturated rings. The smallest absolute Gasteiger partial charge is 0.240 e. The Morgan fingerprint density at radius 2 is 2.20 bits per heavy atom. The molecule has 110 valence electrons. The summed E-state index contributed by atoms with van der Waals surface area (Å²) < 4.78 is 5.00. The lowest BCUT2D eigenvalue weighted by Crippen LogP contribution is -2.44. The van der Waals surface area contributed by atoms with E-state index in [1.54, 1.807) is 19.5 Å². The second-order valence-electron chi connectivity index (χ2n) is 5.29. The Balaban J connectivity index is 1.92. The van der Waals surface area contributed by atoms with E-state index in [9.17, 15) is 4.79 Å². The van der Waals surface area contributed by atoms with E-state index >= 15 is 0 Å². The van der Waals surface area contributed by atoms with Crippen LogP contribution < -0.4 is 5.73 Å². The molecule has 1 unspecified atom stereocenters. The van der Waals surface area contributed by atoms with Crippen LogP contribution in [-0.4, -0.2) is 41.6 Å². The van der Waals surface area contributed by atoms with E-state index in [2.05, 4.69) is 4.98 Å². The molecule has 0 radical (unpaired) electrons. The molecule has 1 aromatic heterocycles. The van der Waals surface area contributed by atoms with Gasteiger partial charge in [-0.15, -0.1) is 0 Å². The largest absolute Gasteiger partial charge is 0.385 e. The minimum absolute atomic E-state index is 0.0559. The molecule has 0 saturated heterocycles. The fourth-order valence-electron chi connectivity index (χ4n) is 2.24. The minimum Gasteiger partial charge on any atom is -0.385 e. The lowest BCUT2D eigenvalue weighted by Gasteiger charge is -2.25. The summed E-state index contributed by atoms with van der Waals surface area (Å²) in [5, 5.41) is 0. The Labute approximate surface area is 120 Å². The highest BCUT2D eigenvalue weighted by molar-refractivity contribution is 5.82. The van der Waals surface area contributed by atoms with E-state index in [-0.39, 0.29) is 5.91 Å². The quantitative estimate of drug-likeness (QED) is 0.728. The summed E-state index contributed by atoms with van der Waals surface area (Å²) >= 11 is 0. The van der Waals surface area contributed by atoms with Crippen molar-refractivity contribution in [3.63, 3.8) is 0 Å². The van der Waals surface area contributed by atoms with Crippen molar-refractivity contribution in [2.24, 2.45) is 5.73 Å². The van der Waals surface area contributed by atoms with E-state index in [1.807, 2.05) is 17.0 Å². The first-order valence-corrected chi connectivity index (χ1v) is 7.16. The highest BCUT2D eigenvalue weighted by atomic mass is 16.5. The first kappa shape index (κ1) is 14.9. The molecular weight excluding hydrogens is 254 g/mol. The van der Waals surface area contributed by atoms with Crippen LogP contribution in [-0.2, 0) is 16.1 Å². The third-order valence-electron chi connectivity index (χ3n) is 3.55. The lowest BCUT2D eigenvalue weighted by molar-refractivity contribution is -0.134. The van der Waals surface area contributed by atoms with Crippen LogP contribution in [0.5, 0.6) is 0 Å². The number of methoxy groups -OCH3 is 1. The summed E-state index contributed by atoms with van der Waals surface area (Å²) in [6, 6.07) is 3.83. The molecule has 0 aromatic carbocycles. The number of nitrogens with zero attached hydrogens (tertiary/aromatic N) is 2. The molecular formula is C15H23N3O2. The summed E-state index contributed by atoms with van der Waals surface area (Å²) in [6.45, 7) is 1.28. The zero-order valence-electron chi connectivity index (χ0n) is 12.0. The lowest BCUT2D eigenvalue weighted by atomic mass is 10.1. The third-order valence-corrected chi connectivity index (χ3v) is 3.55. The van der Waals surface area contributed by atoms with Crippen LogP contribution in [0, 0.1) is 0 Å². The summed E-state index contributed by atoms with van der Waals surface area (Å²) in [7, 11) is 1.66. The number of hydrogen-bond acceptors (Lipinski definition) is 4. The van der Waals surface area contributed by atoms with Crippen LogP contribution in [0.15, 0.2) is 24.5 Å². The van der Waals surface area contributed by atoms with Crippen molar-refractivity contribution in [1.29, 1.82) is 0 Å². The fraction of sp³-hybridized carbons (Fsp3) is 0.600. The van der Waals surface area contributed by atoms with E-state index in [0.29, 0.717) is 25.6 Å². The molecule has 0 spiro atoms. The Morgan fingerprint density at radius 3 is 2.80 bits per heavy atom. The van der Waals surface area contributed by atoms with E-state index in [1.165, 1.54) is 0 Å². The molecule has 2 rings (SSSR count). The number of rotatable bonds is 8. The zero-order valence-corrected chi connectivity index (χ0v) is 12.0. The van der Waals surface area contributed by atoms with Crippen LogP contribution >= 0.6 is 0 Å². The van der Waals surface area contributed by atoms with Gasteiger partial charge in [0.25, 0.3) is 0 Å². The Morgan fingerprint density at radius 1 is 1.50 bits per heavy atom. The molecule has 5 heteroatoms. The van der Waals surface area contributed by atoms with Crippen molar-refractivity contribution in [1.82, 2.24) is 9.88 Å². The highest BCUT2D eigenvalue weighted by Crippen LogP contribution is 2.29. The Bertz CT molecular complexity index is 420. The van der Waals surface area contributed by atoms with Crippen LogP contribution in [0.25, 0.3) is 0 Å². The van der Waals surface area contributed by atoms with Crippen LogP contribution in [0.1, 0.15) is 31.2 Å². The number of hydrogen-bond donors (Lipinski definition) is 1. The molecule has 1 aliphatic rings. The van der Waals surface area contributed by atoms with Gasteiger partial charge < -0.3 is 15.4 Å². The third kappa shape index (κ3) is 4.28. The molecule has 2 N–H and O–H groups in total. The number of aromatic nitrogens is 1. The van der Waals surface area contributed by atoms with E-state index in [0.717, 1.165) is 24.8 Å². The van der Waals surface area contributed by atoms with Gasteiger partial charge in [-0.05, 0) is 43.4 Å². The van der Waals surface area contributed by atoms with Gasteiger partial charge in [0.1, 0.15) is 0 Å². The first-order chi connectivity index (χ1) is 9.72. The number of pyridine rings is 1. The van der Waals surface area contributed by atoms with Crippen LogP contribution in [0.3, 0.4) is 0 Å². The summed E-state index contributed by atoms with van der Waals surface area (Å²) in [4.78, 5) is 18.4. The molecule has 1 saturated carbocycles. The predicted octanol–water partition coefficient (Wildman–Crippen LogP) is 1.33. The molecule has 1 heterocycles. The van der Waals surface area contributed by atoms with Crippen molar-refractivity contribution in [3.8, 4) is 0 Å². The normalized spacial score (nSPS) is 15.9. The van der Waals surface area contributed by atoms with Gasteiger partial charge in [-0.25, -0.2) is 0 Å². The molecule has 1 aromatic rings. The summed E-state index contributed by atoms with van der Waals surface area (Å²) in [6.07, 6.45) is 7.17. The fourth-order valence-corrected chi connectivity index (χ4v) is 2.24. The van der Waals surface area contributed by atoms with Crippen molar-refractivity contribution >= 4 is 5.91 Å². The van der Waals surface area contributed by atoms with Gasteiger partial charge in [0.05, 0.1) is 6.04 Å². The number of carbonyl (C=O) groups excluding carboxylic acids is 1. The Kier molecular flexibility index (Phi) is 5.49. The monoisotopic (exact) mass is 277 g/mol. The predicted molar refractivity (Wildman–Crippen MR) is 76.9 cm³/mol. The van der Waals surface area contributed by atoms with Gasteiger partial charge in [0.15, 0.2) is 0 Å². The van der Waals surface area contributed by atoms with Gasteiger partial charge in [-0.2, -0.15) is 0 Å². The molecule has 1 aliphatic carbocycles. The highest BCUT2D eigenvalue weighted by Gasteiger charge is 2.34. The van der Waals surface area contributed by atoms with Crippen molar-refractivity contribution in [2.75, 3.05) is 13.7 Å². The second kappa shape index (κ2) is 7.36. The number of amides is 1. The number of carbonyl (C=O) groups is 1. The summed E-state index contributed by atoms with van der Waals surface area (Å²) in [5.74, 6) is 0.0559. The maximum absolute atomic E-state index is 12.5. The average molecular weight is 277 g/mol. The van der Waals surface area contributed by atoms with Crippen molar-refractivity contribution in [2.45, 2.75) is 44.3 Å². The standard InChI is InChI=1S/C15H23N3O2/c1-20-10-2-3-14(16)15(19)18(13-4-5-13)11-12-6-8-17-9-7-12/h6-9,13-14H,2-5,10-11,16H2,1H3. The molecule has 1 amide bonds. The second-order valence-corrected chi connectivity index (χ2v) is 5.29. The first-order valence-electron chi connectivity index (χ1n) is 7.16. The maximum atomic E-state index is 12.5. The SMILES string of the molecule is COCCCC(N)C(=O)N(Cc1ccncc1)C1CC1. The van der Waals surface area contributed by atoms with Gasteiger partial charge in [-0.1, -0.05) is 0 Å². The number of ether oxygens (including phenoxy) is 1. The minimum atomic E-state index is -0.424. The molecule has 5 nitrogen and oxygen atoms in total. The zero-order chi connectivity index (χ0) is 14.4. The Hall–Kier alpha value is -1.46. The molecule has 1 atom stereocenters. The van der Waals surface area contributed by atoms with Crippen molar-refractivity contribution < 1.29 is 9.53 Å². The average Bonchev–Trinajstić information content (AvgIpc) is 3.30. The van der Waals surface area contributed by atoms with Gasteiger partial charge in [0, 0.05) is 38.7 Å². The van der Waals surface area contributed by atoms with Crippen LogP contribution in [0.4, 0.5) is 0 Å². The molecule has 0 aliphatic heterocycles. The van der Waals surface area contributed by atoms with Gasteiger partial charge in [-0.3, -0.25) is 9.78 Å². The van der Waals surface area contributed by atoms with Gasteiger partial charge in [0.2, 0.25) is 5.91 Å². The maximum Gasteiger partial charge on any atom is 0.240 e. The topological polar surface area (TPSA) is 68.5 Å². The number of nitrogens with two attached hydrogens (primary N) is 1. The van der Waals surface area contributed by atoms with E-state index < -0.39 is 6.04 Å².